The first-order valence-electron chi connectivity index (χ1n) is 5.32. The Bertz CT molecular complexity index is 494. The first-order chi connectivity index (χ1) is 8.17. The van der Waals surface area contributed by atoms with Gasteiger partial charge in [-0.3, -0.25) is 14.3 Å². The second-order valence-corrected chi connectivity index (χ2v) is 3.99. The zero-order valence-electron chi connectivity index (χ0n) is 9.07. The van der Waals surface area contributed by atoms with Gasteiger partial charge in [-0.25, -0.2) is 4.79 Å². The molecule has 0 aliphatic carbocycles. The summed E-state index contributed by atoms with van der Waals surface area (Å²) in [6.07, 6.45) is 0.890. The van der Waals surface area contributed by atoms with Crippen LogP contribution in [0.2, 0.25) is 0 Å². The summed E-state index contributed by atoms with van der Waals surface area (Å²) < 4.78 is 6.61. The number of aliphatic hydroxyl groups excluding tert-OH is 2. The van der Waals surface area contributed by atoms with Crippen LogP contribution < -0.4 is 11.2 Å². The van der Waals surface area contributed by atoms with Crippen LogP contribution >= 0.6 is 0 Å². The van der Waals surface area contributed by atoms with E-state index in [1.807, 2.05) is 0 Å². The summed E-state index contributed by atoms with van der Waals surface area (Å²) in [6.45, 7) is -0.177. The quantitative estimate of drug-likeness (QED) is 0.573. The number of aromatic amines is 1. The minimum atomic E-state index is -0.539. The van der Waals surface area contributed by atoms with Crippen molar-refractivity contribution in [3.63, 3.8) is 0 Å². The van der Waals surface area contributed by atoms with Crippen molar-refractivity contribution in [2.45, 2.75) is 12.1 Å². The SMILES string of the molecule is O=c1ccn([C@H]2COC(CO)C2CO)c(=O)[nH]1. The fourth-order valence-corrected chi connectivity index (χ4v) is 2.12. The van der Waals surface area contributed by atoms with E-state index in [9.17, 15) is 14.7 Å². The first-order valence-corrected chi connectivity index (χ1v) is 5.32. The van der Waals surface area contributed by atoms with Crippen LogP contribution in [-0.2, 0) is 4.74 Å². The van der Waals surface area contributed by atoms with Crippen LogP contribution in [0.3, 0.4) is 0 Å². The Labute approximate surface area is 96.3 Å². The molecule has 1 aliphatic rings. The molecule has 2 unspecified atom stereocenters. The molecule has 7 nitrogen and oxygen atoms in total. The van der Waals surface area contributed by atoms with Crippen molar-refractivity contribution < 1.29 is 14.9 Å². The summed E-state index contributed by atoms with van der Waals surface area (Å²) in [5.74, 6) is -0.358. The van der Waals surface area contributed by atoms with E-state index < -0.39 is 17.4 Å². The second kappa shape index (κ2) is 4.82. The molecule has 1 saturated heterocycles. The molecule has 2 rings (SSSR count). The summed E-state index contributed by atoms with van der Waals surface area (Å²) in [5.41, 5.74) is -1.01. The molecule has 3 N–H and O–H groups in total. The normalized spacial score (nSPS) is 28.5. The van der Waals surface area contributed by atoms with E-state index in [0.717, 1.165) is 0 Å². The largest absolute Gasteiger partial charge is 0.396 e. The predicted molar refractivity (Wildman–Crippen MR) is 57.8 cm³/mol. The van der Waals surface area contributed by atoms with E-state index in [2.05, 4.69) is 4.98 Å². The van der Waals surface area contributed by atoms with E-state index >= 15 is 0 Å². The number of aromatic nitrogens is 2. The van der Waals surface area contributed by atoms with Crippen molar-refractivity contribution in [3.8, 4) is 0 Å². The van der Waals surface area contributed by atoms with Crippen LogP contribution in [0.1, 0.15) is 6.04 Å². The monoisotopic (exact) mass is 242 g/mol. The van der Waals surface area contributed by atoms with E-state index in [1.165, 1.54) is 16.8 Å². The fraction of sp³-hybridized carbons (Fsp3) is 0.600. The van der Waals surface area contributed by atoms with Gasteiger partial charge in [0.2, 0.25) is 0 Å². The second-order valence-electron chi connectivity index (χ2n) is 3.99. The molecule has 1 aromatic heterocycles. The molecule has 94 valence electrons. The van der Waals surface area contributed by atoms with Crippen LogP contribution in [0.15, 0.2) is 21.9 Å². The van der Waals surface area contributed by atoms with Gasteiger partial charge in [0.05, 0.1) is 32.0 Å². The Morgan fingerprint density at radius 3 is 2.76 bits per heavy atom. The Morgan fingerprint density at radius 2 is 2.18 bits per heavy atom. The smallest absolute Gasteiger partial charge is 0.328 e. The van der Waals surface area contributed by atoms with Crippen molar-refractivity contribution >= 4 is 0 Å². The predicted octanol–water partition coefficient (Wildman–Crippen LogP) is -1.92. The van der Waals surface area contributed by atoms with Crippen molar-refractivity contribution in [3.05, 3.63) is 33.1 Å². The minimum absolute atomic E-state index is 0.193. The summed E-state index contributed by atoms with van der Waals surface area (Å²) in [4.78, 5) is 24.7. The molecule has 1 aromatic rings. The molecular weight excluding hydrogens is 228 g/mol. The zero-order valence-corrected chi connectivity index (χ0v) is 9.07. The highest BCUT2D eigenvalue weighted by atomic mass is 16.5. The molecule has 2 heterocycles. The van der Waals surface area contributed by atoms with Gasteiger partial charge >= 0.3 is 5.69 Å². The molecule has 1 fully saturated rings. The molecule has 1 aliphatic heterocycles. The molecule has 0 bridgehead atoms. The number of H-pyrrole nitrogens is 1. The lowest BCUT2D eigenvalue weighted by molar-refractivity contribution is 0.0268. The molecule has 3 atom stereocenters. The average Bonchev–Trinajstić information content (AvgIpc) is 2.71. The Morgan fingerprint density at radius 1 is 1.41 bits per heavy atom. The number of aliphatic hydroxyl groups is 2. The van der Waals surface area contributed by atoms with Gasteiger partial charge in [-0.1, -0.05) is 0 Å². The van der Waals surface area contributed by atoms with Gasteiger partial charge in [-0.2, -0.15) is 0 Å². The van der Waals surface area contributed by atoms with E-state index in [0.29, 0.717) is 0 Å². The van der Waals surface area contributed by atoms with Crippen LogP contribution in [-0.4, -0.2) is 45.7 Å². The van der Waals surface area contributed by atoms with Crippen LogP contribution in [0.5, 0.6) is 0 Å². The third kappa shape index (κ3) is 2.17. The topological polar surface area (TPSA) is 105 Å². The number of ether oxygens (including phenoxy) is 1. The van der Waals surface area contributed by atoms with Crippen LogP contribution in [0.4, 0.5) is 0 Å². The maximum Gasteiger partial charge on any atom is 0.328 e. The number of hydrogen-bond donors (Lipinski definition) is 3. The number of nitrogens with one attached hydrogen (secondary N) is 1. The molecule has 7 heteroatoms. The Hall–Kier alpha value is -1.44. The van der Waals surface area contributed by atoms with Gasteiger partial charge in [0, 0.05) is 18.2 Å². The lowest BCUT2D eigenvalue weighted by atomic mass is 9.98. The van der Waals surface area contributed by atoms with E-state index in [-0.39, 0.29) is 31.8 Å². The van der Waals surface area contributed by atoms with Gasteiger partial charge in [0.1, 0.15) is 0 Å². The average molecular weight is 242 g/mol. The highest BCUT2D eigenvalue weighted by Gasteiger charge is 2.37. The summed E-state index contributed by atoms with van der Waals surface area (Å²) in [7, 11) is 0. The molecule has 0 aromatic carbocycles. The molecule has 0 spiro atoms. The third-order valence-corrected chi connectivity index (χ3v) is 3.05. The first kappa shape index (κ1) is 12.0. The maximum atomic E-state index is 11.6. The fourth-order valence-electron chi connectivity index (χ4n) is 2.12. The van der Waals surface area contributed by atoms with Gasteiger partial charge in [0.15, 0.2) is 0 Å². The van der Waals surface area contributed by atoms with E-state index in [1.54, 1.807) is 0 Å². The molecule has 0 radical (unpaired) electrons. The molecule has 17 heavy (non-hydrogen) atoms. The summed E-state index contributed by atoms with van der Waals surface area (Å²) >= 11 is 0. The van der Waals surface area contributed by atoms with Crippen LogP contribution in [0.25, 0.3) is 0 Å². The number of nitrogens with zero attached hydrogens (tertiary/aromatic N) is 1. The van der Waals surface area contributed by atoms with Gasteiger partial charge in [-0.15, -0.1) is 0 Å². The van der Waals surface area contributed by atoms with Crippen LogP contribution in [0, 0.1) is 5.92 Å². The molecular formula is C10H14N2O5. The van der Waals surface area contributed by atoms with Gasteiger partial charge in [-0.05, 0) is 0 Å². The summed E-state index contributed by atoms with van der Waals surface area (Å²) in [5, 5.41) is 18.3. The lowest BCUT2D eigenvalue weighted by Crippen LogP contribution is -2.36. The van der Waals surface area contributed by atoms with Crippen molar-refractivity contribution in [2.75, 3.05) is 19.8 Å². The number of hydrogen-bond acceptors (Lipinski definition) is 5. The highest BCUT2D eigenvalue weighted by molar-refractivity contribution is 4.92. The maximum absolute atomic E-state index is 11.6. The standard InChI is InChI=1S/C10H14N2O5/c13-3-6-7(5-17-8(6)4-14)12-2-1-9(15)11-10(12)16/h1-2,6-8,13-14H,3-5H2,(H,11,15,16)/t6?,7-,8?/m0/s1. The van der Waals surface area contributed by atoms with Gasteiger partial charge < -0.3 is 14.9 Å². The number of rotatable bonds is 3. The highest BCUT2D eigenvalue weighted by Crippen LogP contribution is 2.29. The zero-order chi connectivity index (χ0) is 12.4. The van der Waals surface area contributed by atoms with E-state index in [4.69, 9.17) is 9.84 Å². The van der Waals surface area contributed by atoms with Gasteiger partial charge in [0.25, 0.3) is 5.56 Å². The van der Waals surface area contributed by atoms with Crippen molar-refractivity contribution in [2.24, 2.45) is 5.92 Å². The van der Waals surface area contributed by atoms with Crippen molar-refractivity contribution in [1.29, 1.82) is 0 Å². The molecule has 0 saturated carbocycles. The Kier molecular flexibility index (Phi) is 3.41. The summed E-state index contributed by atoms with van der Waals surface area (Å²) in [6, 6.07) is 0.865. The van der Waals surface area contributed by atoms with Crippen molar-refractivity contribution in [1.82, 2.24) is 9.55 Å². The Balaban J connectivity index is 2.34. The lowest BCUT2D eigenvalue weighted by Gasteiger charge is -2.20. The molecule has 0 amide bonds. The third-order valence-electron chi connectivity index (χ3n) is 3.05. The minimum Gasteiger partial charge on any atom is -0.396 e.